The van der Waals surface area contributed by atoms with Crippen molar-refractivity contribution in [3.63, 3.8) is 0 Å². The maximum absolute atomic E-state index is 11.6. The number of urea groups is 1. The summed E-state index contributed by atoms with van der Waals surface area (Å²) in [6.45, 7) is 6.98. The van der Waals surface area contributed by atoms with E-state index in [4.69, 9.17) is 0 Å². The number of hydrogen-bond acceptors (Lipinski definition) is 3. The summed E-state index contributed by atoms with van der Waals surface area (Å²) in [4.78, 5) is 24.9. The lowest BCUT2D eigenvalue weighted by Crippen LogP contribution is -2.46. The van der Waals surface area contributed by atoms with Gasteiger partial charge < -0.3 is 5.32 Å². The van der Waals surface area contributed by atoms with E-state index in [0.717, 1.165) is 25.9 Å². The zero-order valence-corrected chi connectivity index (χ0v) is 10.8. The largest absolute Gasteiger partial charge is 0.338 e. The quantitative estimate of drug-likeness (QED) is 0.770. The molecule has 2 N–H and O–H groups in total. The first-order valence-electron chi connectivity index (χ1n) is 6.41. The fraction of sp³-hybridized carbons (Fsp3) is 0.833. The summed E-state index contributed by atoms with van der Waals surface area (Å²) < 4.78 is 0. The van der Waals surface area contributed by atoms with Crippen LogP contribution in [0.1, 0.15) is 33.1 Å². The molecule has 0 aliphatic carbocycles. The fourth-order valence-electron chi connectivity index (χ4n) is 2.08. The van der Waals surface area contributed by atoms with Gasteiger partial charge in [-0.05, 0) is 31.7 Å². The molecule has 1 atom stereocenters. The van der Waals surface area contributed by atoms with E-state index in [1.54, 1.807) is 0 Å². The van der Waals surface area contributed by atoms with E-state index < -0.39 is 0 Å². The number of amides is 3. The van der Waals surface area contributed by atoms with Gasteiger partial charge in [-0.25, -0.2) is 4.79 Å². The second-order valence-corrected chi connectivity index (χ2v) is 4.79. The number of carbonyl (C=O) groups excluding carboxylic acids is 2. The van der Waals surface area contributed by atoms with Gasteiger partial charge in [0.05, 0.1) is 6.54 Å². The topological polar surface area (TPSA) is 61.4 Å². The van der Waals surface area contributed by atoms with Gasteiger partial charge in [0.1, 0.15) is 0 Å². The molecule has 3 amide bonds. The van der Waals surface area contributed by atoms with Crippen LogP contribution in [0, 0.1) is 5.92 Å². The van der Waals surface area contributed by atoms with Gasteiger partial charge in [-0.15, -0.1) is 0 Å². The Balaban J connectivity index is 2.21. The van der Waals surface area contributed by atoms with E-state index in [1.165, 1.54) is 6.42 Å². The van der Waals surface area contributed by atoms with Crippen LogP contribution in [0.25, 0.3) is 0 Å². The molecule has 1 saturated heterocycles. The third kappa shape index (κ3) is 5.68. The lowest BCUT2D eigenvalue weighted by atomic mass is 10.0. The Morgan fingerprint density at radius 1 is 1.41 bits per heavy atom. The van der Waals surface area contributed by atoms with Crippen molar-refractivity contribution in [1.82, 2.24) is 15.5 Å². The van der Waals surface area contributed by atoms with Crippen molar-refractivity contribution in [2.24, 2.45) is 5.92 Å². The summed E-state index contributed by atoms with van der Waals surface area (Å²) in [7, 11) is 0. The van der Waals surface area contributed by atoms with Gasteiger partial charge in [-0.1, -0.05) is 13.8 Å². The Morgan fingerprint density at radius 3 is 2.82 bits per heavy atom. The maximum Gasteiger partial charge on any atom is 0.321 e. The standard InChI is InChI=1S/C12H23N3O2/c1-3-6-13-12(17)14-11(16)9-15-7-4-5-10(2)8-15/h10H,3-9H2,1-2H3,(H2,13,14,16,17)/t10-/m0/s1. The van der Waals surface area contributed by atoms with E-state index >= 15 is 0 Å². The van der Waals surface area contributed by atoms with Crippen LogP contribution >= 0.6 is 0 Å². The number of piperidine rings is 1. The molecule has 17 heavy (non-hydrogen) atoms. The third-order valence-electron chi connectivity index (χ3n) is 2.90. The van der Waals surface area contributed by atoms with Gasteiger partial charge in [0.15, 0.2) is 0 Å². The Hall–Kier alpha value is -1.10. The number of imide groups is 1. The van der Waals surface area contributed by atoms with Crippen LogP contribution in [0.4, 0.5) is 4.79 Å². The van der Waals surface area contributed by atoms with Crippen molar-refractivity contribution in [3.8, 4) is 0 Å². The van der Waals surface area contributed by atoms with E-state index in [0.29, 0.717) is 19.0 Å². The van der Waals surface area contributed by atoms with E-state index in [9.17, 15) is 9.59 Å². The first-order valence-corrected chi connectivity index (χ1v) is 6.41. The molecule has 0 spiro atoms. The lowest BCUT2D eigenvalue weighted by Gasteiger charge is -2.29. The van der Waals surface area contributed by atoms with Crippen LogP contribution in [-0.2, 0) is 4.79 Å². The molecule has 98 valence electrons. The van der Waals surface area contributed by atoms with Crippen molar-refractivity contribution in [2.75, 3.05) is 26.2 Å². The van der Waals surface area contributed by atoms with Crippen LogP contribution in [0.2, 0.25) is 0 Å². The van der Waals surface area contributed by atoms with Crippen molar-refractivity contribution >= 4 is 11.9 Å². The van der Waals surface area contributed by atoms with E-state index in [1.807, 2.05) is 6.92 Å². The minimum Gasteiger partial charge on any atom is -0.338 e. The number of hydrogen-bond donors (Lipinski definition) is 2. The monoisotopic (exact) mass is 241 g/mol. The molecule has 0 unspecified atom stereocenters. The highest BCUT2D eigenvalue weighted by Gasteiger charge is 2.19. The van der Waals surface area contributed by atoms with Gasteiger partial charge in [-0.3, -0.25) is 15.0 Å². The lowest BCUT2D eigenvalue weighted by molar-refractivity contribution is -0.121. The van der Waals surface area contributed by atoms with Gasteiger partial charge in [-0.2, -0.15) is 0 Å². The molecule has 5 nitrogen and oxygen atoms in total. The molecule has 0 aromatic heterocycles. The van der Waals surface area contributed by atoms with Gasteiger partial charge in [0, 0.05) is 13.1 Å². The van der Waals surface area contributed by atoms with Crippen LogP contribution in [0.3, 0.4) is 0 Å². The molecule has 1 fully saturated rings. The molecule has 1 rings (SSSR count). The van der Waals surface area contributed by atoms with Crippen LogP contribution in [0.15, 0.2) is 0 Å². The van der Waals surface area contributed by atoms with E-state index in [-0.39, 0.29) is 11.9 Å². The molecule has 0 saturated carbocycles. The number of nitrogens with zero attached hydrogens (tertiary/aromatic N) is 1. The molecule has 1 aliphatic rings. The summed E-state index contributed by atoms with van der Waals surface area (Å²) in [5.41, 5.74) is 0. The third-order valence-corrected chi connectivity index (χ3v) is 2.90. The summed E-state index contributed by atoms with van der Waals surface area (Å²) in [5.74, 6) is 0.429. The highest BCUT2D eigenvalue weighted by atomic mass is 16.2. The van der Waals surface area contributed by atoms with E-state index in [2.05, 4.69) is 22.5 Å². The first-order chi connectivity index (χ1) is 8.11. The first kappa shape index (κ1) is 14.0. The minimum atomic E-state index is -0.387. The Bertz CT molecular complexity index is 268. The number of nitrogens with one attached hydrogen (secondary N) is 2. The zero-order valence-electron chi connectivity index (χ0n) is 10.8. The van der Waals surface area contributed by atoms with Crippen LogP contribution < -0.4 is 10.6 Å². The molecular weight excluding hydrogens is 218 g/mol. The zero-order chi connectivity index (χ0) is 12.7. The molecule has 0 bridgehead atoms. The average molecular weight is 241 g/mol. The minimum absolute atomic E-state index is 0.215. The SMILES string of the molecule is CCCNC(=O)NC(=O)CN1CCC[C@H](C)C1. The molecular formula is C12H23N3O2. The maximum atomic E-state index is 11.6. The molecule has 0 radical (unpaired) electrons. The van der Waals surface area contributed by atoms with Gasteiger partial charge in [0.2, 0.25) is 5.91 Å². The molecule has 0 aromatic rings. The fourth-order valence-corrected chi connectivity index (χ4v) is 2.08. The predicted octanol–water partition coefficient (Wildman–Crippen LogP) is 0.954. The van der Waals surface area contributed by atoms with Crippen LogP contribution in [-0.4, -0.2) is 43.0 Å². The molecule has 0 aromatic carbocycles. The smallest absolute Gasteiger partial charge is 0.321 e. The van der Waals surface area contributed by atoms with Gasteiger partial charge >= 0.3 is 6.03 Å². The summed E-state index contributed by atoms with van der Waals surface area (Å²) in [6.07, 6.45) is 3.23. The molecule has 1 heterocycles. The number of carbonyl (C=O) groups is 2. The predicted molar refractivity (Wildman–Crippen MR) is 66.7 cm³/mol. The second kappa shape index (κ2) is 7.27. The highest BCUT2D eigenvalue weighted by Crippen LogP contribution is 2.14. The Kier molecular flexibility index (Phi) is 5.97. The number of rotatable bonds is 4. The normalized spacial score (nSPS) is 20.9. The van der Waals surface area contributed by atoms with Crippen molar-refractivity contribution in [2.45, 2.75) is 33.1 Å². The van der Waals surface area contributed by atoms with Crippen molar-refractivity contribution in [3.05, 3.63) is 0 Å². The summed E-state index contributed by atoms with van der Waals surface area (Å²) in [5, 5.41) is 4.97. The molecule has 5 heteroatoms. The Morgan fingerprint density at radius 2 is 2.18 bits per heavy atom. The Labute approximate surface area is 103 Å². The van der Waals surface area contributed by atoms with Crippen molar-refractivity contribution in [1.29, 1.82) is 0 Å². The van der Waals surface area contributed by atoms with Crippen molar-refractivity contribution < 1.29 is 9.59 Å². The summed E-state index contributed by atoms with van der Waals surface area (Å²) >= 11 is 0. The average Bonchev–Trinajstić information content (AvgIpc) is 2.26. The van der Waals surface area contributed by atoms with Crippen LogP contribution in [0.5, 0.6) is 0 Å². The number of likely N-dealkylation sites (tertiary alicyclic amines) is 1. The van der Waals surface area contributed by atoms with Gasteiger partial charge in [0.25, 0.3) is 0 Å². The summed E-state index contributed by atoms with van der Waals surface area (Å²) in [6, 6.07) is -0.387. The molecule has 1 aliphatic heterocycles. The highest BCUT2D eigenvalue weighted by molar-refractivity contribution is 5.95. The second-order valence-electron chi connectivity index (χ2n) is 4.79.